The quantitative estimate of drug-likeness (QED) is 0.549. The third kappa shape index (κ3) is 3.42. The number of fused-ring (bicyclic) bond motifs is 2. The monoisotopic (exact) mass is 364 g/mol. The highest BCUT2D eigenvalue weighted by atomic mass is 16.5. The van der Waals surface area contributed by atoms with Crippen LogP contribution in [0.15, 0.2) is 60.9 Å². The summed E-state index contributed by atoms with van der Waals surface area (Å²) in [5.41, 5.74) is 2.65. The molecular formula is C21H20N2O4. The molecule has 0 aliphatic heterocycles. The number of aromatic carboxylic acids is 1. The zero-order valence-electron chi connectivity index (χ0n) is 15.3. The highest BCUT2D eigenvalue weighted by Crippen LogP contribution is 2.20. The van der Waals surface area contributed by atoms with Crippen molar-refractivity contribution in [3.8, 4) is 0 Å². The third-order valence-electron chi connectivity index (χ3n) is 4.43. The van der Waals surface area contributed by atoms with Gasteiger partial charge in [0.05, 0.1) is 29.3 Å². The van der Waals surface area contributed by atoms with Gasteiger partial charge in [-0.15, -0.1) is 0 Å². The molecule has 4 aromatic rings. The van der Waals surface area contributed by atoms with Gasteiger partial charge >= 0.3 is 11.9 Å². The number of nitrogens with zero attached hydrogens (tertiary/aromatic N) is 2. The van der Waals surface area contributed by atoms with Gasteiger partial charge in [-0.25, -0.2) is 9.59 Å². The van der Waals surface area contributed by atoms with Crippen molar-refractivity contribution in [2.24, 2.45) is 14.1 Å². The van der Waals surface area contributed by atoms with Crippen molar-refractivity contribution in [3.05, 3.63) is 72.1 Å². The van der Waals surface area contributed by atoms with Crippen LogP contribution in [0.25, 0.3) is 21.8 Å². The van der Waals surface area contributed by atoms with Crippen molar-refractivity contribution < 1.29 is 19.4 Å². The van der Waals surface area contributed by atoms with E-state index < -0.39 is 5.97 Å². The predicted molar refractivity (Wildman–Crippen MR) is 104 cm³/mol. The molecular weight excluding hydrogens is 344 g/mol. The fourth-order valence-electron chi connectivity index (χ4n) is 3.16. The van der Waals surface area contributed by atoms with E-state index in [1.165, 1.54) is 7.11 Å². The van der Waals surface area contributed by atoms with Crippen LogP contribution in [0.4, 0.5) is 0 Å². The number of aromatic nitrogens is 2. The molecule has 0 bridgehead atoms. The Hall–Kier alpha value is -3.54. The van der Waals surface area contributed by atoms with Crippen molar-refractivity contribution in [2.75, 3.05) is 7.11 Å². The van der Waals surface area contributed by atoms with Crippen LogP contribution < -0.4 is 0 Å². The number of rotatable bonds is 2. The van der Waals surface area contributed by atoms with E-state index in [9.17, 15) is 9.59 Å². The summed E-state index contributed by atoms with van der Waals surface area (Å²) in [5.74, 6) is -1.18. The van der Waals surface area contributed by atoms with Crippen molar-refractivity contribution in [2.45, 2.75) is 0 Å². The topological polar surface area (TPSA) is 73.5 Å². The van der Waals surface area contributed by atoms with Gasteiger partial charge in [0.1, 0.15) is 0 Å². The number of carbonyl (C=O) groups excluding carboxylic acids is 1. The second kappa shape index (κ2) is 7.37. The number of esters is 1. The third-order valence-corrected chi connectivity index (χ3v) is 4.43. The van der Waals surface area contributed by atoms with Gasteiger partial charge < -0.3 is 19.0 Å². The number of para-hydroxylation sites is 2. The van der Waals surface area contributed by atoms with E-state index in [1.54, 1.807) is 18.2 Å². The van der Waals surface area contributed by atoms with Crippen LogP contribution in [0.3, 0.4) is 0 Å². The Morgan fingerprint density at radius 1 is 0.815 bits per heavy atom. The Bertz CT molecular complexity index is 1140. The minimum absolute atomic E-state index is 0.294. The lowest BCUT2D eigenvalue weighted by Crippen LogP contribution is -2.03. The highest BCUT2D eigenvalue weighted by molar-refractivity contribution is 6.03. The average Bonchev–Trinajstić information content (AvgIpc) is 3.25. The predicted octanol–water partition coefficient (Wildman–Crippen LogP) is 3.84. The maximum absolute atomic E-state index is 11.4. The molecule has 4 rings (SSSR count). The Morgan fingerprint density at radius 3 is 1.78 bits per heavy atom. The lowest BCUT2D eigenvalue weighted by molar-refractivity contribution is 0.0601. The number of ether oxygens (including phenoxy) is 1. The van der Waals surface area contributed by atoms with Gasteiger partial charge in [-0.3, -0.25) is 0 Å². The summed E-state index contributed by atoms with van der Waals surface area (Å²) in [6.45, 7) is 0. The number of carboxylic acids is 1. The van der Waals surface area contributed by atoms with Gasteiger partial charge in [0.2, 0.25) is 0 Å². The SMILES string of the molecule is COC(=O)c1cccc2ccn(C)c12.Cn1ccc2cccc(C(=O)O)c21. The fraction of sp³-hybridized carbons (Fsp3) is 0.143. The summed E-state index contributed by atoms with van der Waals surface area (Å²) < 4.78 is 8.45. The van der Waals surface area contributed by atoms with E-state index >= 15 is 0 Å². The molecule has 138 valence electrons. The number of aryl methyl sites for hydroxylation is 2. The first-order valence-electron chi connectivity index (χ1n) is 8.33. The summed E-state index contributed by atoms with van der Waals surface area (Å²) >= 11 is 0. The zero-order valence-corrected chi connectivity index (χ0v) is 15.3. The molecule has 0 unspecified atom stereocenters. The molecule has 0 spiro atoms. The van der Waals surface area contributed by atoms with Gasteiger partial charge in [0.25, 0.3) is 0 Å². The molecule has 2 heterocycles. The maximum atomic E-state index is 11.4. The summed E-state index contributed by atoms with van der Waals surface area (Å²) in [6, 6.07) is 14.8. The number of methoxy groups -OCH3 is 1. The first-order chi connectivity index (χ1) is 12.9. The average molecular weight is 364 g/mol. The van der Waals surface area contributed by atoms with Crippen molar-refractivity contribution in [1.82, 2.24) is 9.13 Å². The van der Waals surface area contributed by atoms with E-state index in [4.69, 9.17) is 9.84 Å². The molecule has 0 saturated carbocycles. The van der Waals surface area contributed by atoms with E-state index in [1.807, 2.05) is 66.0 Å². The maximum Gasteiger partial charge on any atom is 0.340 e. The van der Waals surface area contributed by atoms with Crippen LogP contribution in [0, 0.1) is 0 Å². The van der Waals surface area contributed by atoms with E-state index in [-0.39, 0.29) is 5.97 Å². The Labute approximate surface area is 156 Å². The fourth-order valence-corrected chi connectivity index (χ4v) is 3.16. The van der Waals surface area contributed by atoms with Gasteiger partial charge in [0.15, 0.2) is 0 Å². The number of carbonyl (C=O) groups is 2. The Balaban J connectivity index is 0.000000156. The molecule has 6 heteroatoms. The van der Waals surface area contributed by atoms with Crippen LogP contribution in [0.1, 0.15) is 20.7 Å². The lowest BCUT2D eigenvalue weighted by atomic mass is 10.1. The summed E-state index contributed by atoms with van der Waals surface area (Å²) in [6.07, 6.45) is 3.79. The molecule has 0 radical (unpaired) electrons. The summed E-state index contributed by atoms with van der Waals surface area (Å²) in [4.78, 5) is 22.3. The molecule has 6 nitrogen and oxygen atoms in total. The first-order valence-corrected chi connectivity index (χ1v) is 8.33. The minimum Gasteiger partial charge on any atom is -0.478 e. The first kappa shape index (κ1) is 18.3. The summed E-state index contributed by atoms with van der Waals surface area (Å²) in [7, 11) is 5.15. The zero-order chi connectivity index (χ0) is 19.6. The summed E-state index contributed by atoms with van der Waals surface area (Å²) in [5, 5.41) is 10.9. The standard InChI is InChI=1S/C11H11NO2.C10H9NO2/c1-12-7-6-8-4-3-5-9(10(8)12)11(13)14-2;1-11-6-5-7-3-2-4-8(9(7)11)10(12)13/h3-7H,1-2H3;2-6H,1H3,(H,12,13). The smallest absolute Gasteiger partial charge is 0.340 e. The molecule has 2 aromatic heterocycles. The number of carboxylic acid groups (broad SMARTS) is 1. The molecule has 0 atom stereocenters. The molecule has 0 amide bonds. The molecule has 0 fully saturated rings. The number of hydrogen-bond acceptors (Lipinski definition) is 3. The highest BCUT2D eigenvalue weighted by Gasteiger charge is 2.12. The van der Waals surface area contributed by atoms with Gasteiger partial charge in [-0.2, -0.15) is 0 Å². The van der Waals surface area contributed by atoms with Gasteiger partial charge in [-0.05, 0) is 24.3 Å². The molecule has 1 N–H and O–H groups in total. The second-order valence-electron chi connectivity index (χ2n) is 6.14. The van der Waals surface area contributed by atoms with Crippen molar-refractivity contribution in [3.63, 3.8) is 0 Å². The number of hydrogen-bond donors (Lipinski definition) is 1. The minimum atomic E-state index is -0.882. The van der Waals surface area contributed by atoms with Crippen LogP contribution >= 0.6 is 0 Å². The van der Waals surface area contributed by atoms with Crippen LogP contribution in [-0.2, 0) is 18.8 Å². The van der Waals surface area contributed by atoms with Crippen molar-refractivity contribution >= 4 is 33.7 Å². The van der Waals surface area contributed by atoms with E-state index in [0.29, 0.717) is 11.1 Å². The van der Waals surface area contributed by atoms with Crippen LogP contribution in [-0.4, -0.2) is 33.3 Å². The molecule has 2 aromatic carbocycles. The van der Waals surface area contributed by atoms with Crippen LogP contribution in [0.5, 0.6) is 0 Å². The lowest BCUT2D eigenvalue weighted by Gasteiger charge is -2.03. The van der Waals surface area contributed by atoms with Crippen LogP contribution in [0.2, 0.25) is 0 Å². The number of benzene rings is 2. The van der Waals surface area contributed by atoms with E-state index in [0.717, 1.165) is 21.8 Å². The Morgan fingerprint density at radius 2 is 1.30 bits per heavy atom. The van der Waals surface area contributed by atoms with Gasteiger partial charge in [0, 0.05) is 37.3 Å². The largest absolute Gasteiger partial charge is 0.478 e. The molecule has 0 aliphatic rings. The Kier molecular flexibility index (Phi) is 4.98. The van der Waals surface area contributed by atoms with E-state index in [2.05, 4.69) is 0 Å². The molecule has 0 aliphatic carbocycles. The molecule has 27 heavy (non-hydrogen) atoms. The normalized spacial score (nSPS) is 10.5. The van der Waals surface area contributed by atoms with Gasteiger partial charge in [-0.1, -0.05) is 24.3 Å². The second-order valence-corrected chi connectivity index (χ2v) is 6.14. The van der Waals surface area contributed by atoms with Crippen molar-refractivity contribution in [1.29, 1.82) is 0 Å². The molecule has 0 saturated heterocycles.